The van der Waals surface area contributed by atoms with Gasteiger partial charge in [-0.05, 0) is 87.4 Å². The molecule has 0 saturated carbocycles. The van der Waals surface area contributed by atoms with Crippen molar-refractivity contribution in [2.75, 3.05) is 5.32 Å². The number of pyridine rings is 1. The predicted molar refractivity (Wildman–Crippen MR) is 152 cm³/mol. The maximum atomic E-state index is 6.54. The zero-order valence-corrected chi connectivity index (χ0v) is 22.7. The van der Waals surface area contributed by atoms with Crippen LogP contribution in [0.2, 0.25) is 10.0 Å². The van der Waals surface area contributed by atoms with Crippen LogP contribution in [0.1, 0.15) is 49.1 Å². The molecular weight excluding hydrogens is 501 g/mol. The van der Waals surface area contributed by atoms with Crippen molar-refractivity contribution < 1.29 is 0 Å². The second kappa shape index (κ2) is 10.2. The second-order valence-corrected chi connectivity index (χ2v) is 11.3. The van der Waals surface area contributed by atoms with Crippen LogP contribution >= 0.6 is 23.2 Å². The molecule has 2 aromatic heterocycles. The Morgan fingerprint density at radius 2 is 1.68 bits per heavy atom. The highest BCUT2D eigenvalue weighted by Crippen LogP contribution is 2.37. The van der Waals surface area contributed by atoms with E-state index < -0.39 is 0 Å². The monoisotopic (exact) mass is 531 g/mol. The molecule has 2 bridgehead atoms. The van der Waals surface area contributed by atoms with Crippen LogP contribution in [-0.4, -0.2) is 38.0 Å². The van der Waals surface area contributed by atoms with Gasteiger partial charge in [-0.25, -0.2) is 9.97 Å². The number of aromatic nitrogens is 3. The highest BCUT2D eigenvalue weighted by atomic mass is 35.5. The van der Waals surface area contributed by atoms with E-state index in [0.29, 0.717) is 23.1 Å². The van der Waals surface area contributed by atoms with Gasteiger partial charge in [0.25, 0.3) is 0 Å². The number of benzene rings is 2. The van der Waals surface area contributed by atoms with Crippen LogP contribution in [0.5, 0.6) is 0 Å². The first-order valence-electron chi connectivity index (χ1n) is 13.1. The van der Waals surface area contributed by atoms with Gasteiger partial charge < -0.3 is 5.32 Å². The molecule has 2 fully saturated rings. The maximum absolute atomic E-state index is 6.54. The van der Waals surface area contributed by atoms with Crippen molar-refractivity contribution >= 4 is 40.1 Å². The molecule has 37 heavy (non-hydrogen) atoms. The molecule has 190 valence electrons. The lowest BCUT2D eigenvalue weighted by Crippen LogP contribution is -2.35. The zero-order valence-electron chi connectivity index (χ0n) is 21.2. The minimum Gasteiger partial charge on any atom is -0.351 e. The lowest BCUT2D eigenvalue weighted by molar-refractivity contribution is 0.185. The van der Waals surface area contributed by atoms with E-state index in [2.05, 4.69) is 52.5 Å². The third kappa shape index (κ3) is 5.05. The molecule has 0 radical (unpaired) electrons. The van der Waals surface area contributed by atoms with Gasteiger partial charge in [0.1, 0.15) is 0 Å². The van der Waals surface area contributed by atoms with Crippen molar-refractivity contribution in [2.45, 2.75) is 70.6 Å². The number of rotatable bonds is 5. The van der Waals surface area contributed by atoms with Crippen molar-refractivity contribution in [1.82, 2.24) is 19.9 Å². The Hall–Kier alpha value is -2.73. The Bertz CT molecular complexity index is 1440. The van der Waals surface area contributed by atoms with E-state index in [-0.39, 0.29) is 0 Å². The summed E-state index contributed by atoms with van der Waals surface area (Å²) in [4.78, 5) is 16.8. The van der Waals surface area contributed by atoms with Crippen molar-refractivity contribution in [3.8, 4) is 11.1 Å². The summed E-state index contributed by atoms with van der Waals surface area (Å²) in [6, 6.07) is 18.1. The molecule has 3 atom stereocenters. The van der Waals surface area contributed by atoms with Gasteiger partial charge in [-0.1, -0.05) is 41.4 Å². The van der Waals surface area contributed by atoms with Crippen molar-refractivity contribution in [1.29, 1.82) is 0 Å². The molecule has 0 aliphatic carbocycles. The summed E-state index contributed by atoms with van der Waals surface area (Å²) in [6.07, 6.45) is 7.80. The second-order valence-electron chi connectivity index (χ2n) is 10.5. The molecule has 7 heteroatoms. The first-order chi connectivity index (χ1) is 17.9. The van der Waals surface area contributed by atoms with Crippen molar-refractivity contribution in [3.05, 3.63) is 81.7 Å². The molecule has 5 nitrogen and oxygen atoms in total. The van der Waals surface area contributed by atoms with E-state index in [1.165, 1.54) is 24.8 Å². The number of anilines is 1. The minimum absolute atomic E-state index is 0.373. The number of hydrogen-bond acceptors (Lipinski definition) is 5. The molecule has 2 aromatic carbocycles. The Balaban J connectivity index is 1.20. The molecular formula is C30H31Cl2N5. The number of aryl methyl sites for hydroxylation is 2. The maximum Gasteiger partial charge on any atom is 0.223 e. The summed E-state index contributed by atoms with van der Waals surface area (Å²) in [5.41, 5.74) is 6.11. The van der Waals surface area contributed by atoms with Gasteiger partial charge in [-0.15, -0.1) is 0 Å². The molecule has 1 N–H and O–H groups in total. The third-order valence-electron chi connectivity index (χ3n) is 8.05. The minimum atomic E-state index is 0.373. The van der Waals surface area contributed by atoms with Gasteiger partial charge in [0.15, 0.2) is 0 Å². The third-order valence-corrected chi connectivity index (χ3v) is 8.78. The van der Waals surface area contributed by atoms with Crippen LogP contribution in [0.15, 0.2) is 54.7 Å². The standard InChI is InChI=1S/C30H31Cl2N5/c1-18-27-15-21(26-13-14-33-19(2)29(26)32)5-12-28(27)36-30(34-18)35-23-8-9-24-10-11-25(16-23)37(24)17-20-3-6-22(31)7-4-20/h3-7,12-15,23-25H,8-11,16-17H2,1-2H3,(H,34,35,36)/t23-,24+,25+/m1/s1. The van der Waals surface area contributed by atoms with Crippen molar-refractivity contribution in [2.24, 2.45) is 0 Å². The van der Waals surface area contributed by atoms with Crippen LogP contribution < -0.4 is 5.32 Å². The first-order valence-corrected chi connectivity index (χ1v) is 13.9. The quantitative estimate of drug-likeness (QED) is 0.287. The average Bonchev–Trinajstić information content (AvgIpc) is 3.17. The average molecular weight is 533 g/mol. The van der Waals surface area contributed by atoms with Gasteiger partial charge in [-0.3, -0.25) is 9.88 Å². The van der Waals surface area contributed by atoms with Crippen molar-refractivity contribution in [3.63, 3.8) is 0 Å². The summed E-state index contributed by atoms with van der Waals surface area (Å²) in [7, 11) is 0. The van der Waals surface area contributed by atoms with Crippen LogP contribution in [0, 0.1) is 13.8 Å². The zero-order chi connectivity index (χ0) is 25.5. The van der Waals surface area contributed by atoms with E-state index in [1.54, 1.807) is 6.20 Å². The normalized spacial score (nSPS) is 21.8. The molecule has 6 rings (SSSR count). The lowest BCUT2D eigenvalue weighted by Gasteiger charge is -2.28. The topological polar surface area (TPSA) is 53.9 Å². The van der Waals surface area contributed by atoms with E-state index in [9.17, 15) is 0 Å². The van der Waals surface area contributed by atoms with Crippen LogP contribution in [-0.2, 0) is 6.54 Å². The number of nitrogens with zero attached hydrogens (tertiary/aromatic N) is 4. The van der Waals surface area contributed by atoms with E-state index in [1.807, 2.05) is 25.1 Å². The van der Waals surface area contributed by atoms with E-state index >= 15 is 0 Å². The Morgan fingerprint density at radius 3 is 2.51 bits per heavy atom. The van der Waals surface area contributed by atoms with Gasteiger partial charge in [0.2, 0.25) is 5.95 Å². The van der Waals surface area contributed by atoms with Gasteiger partial charge in [0.05, 0.1) is 21.9 Å². The Morgan fingerprint density at radius 1 is 0.892 bits per heavy atom. The SMILES string of the molecule is Cc1nccc(-c2ccc3nc(N[C@@H]4CC[C@H]5CC[C@@H](C4)N5Cc4ccc(Cl)cc4)nc(C)c3c2)c1Cl. The Labute approximate surface area is 228 Å². The predicted octanol–water partition coefficient (Wildman–Crippen LogP) is 7.61. The summed E-state index contributed by atoms with van der Waals surface area (Å²) in [5.74, 6) is 0.725. The van der Waals surface area contributed by atoms with Crippen LogP contribution in [0.3, 0.4) is 0 Å². The highest BCUT2D eigenvalue weighted by Gasteiger charge is 2.37. The summed E-state index contributed by atoms with van der Waals surface area (Å²) >= 11 is 12.6. The molecule has 0 amide bonds. The van der Waals surface area contributed by atoms with E-state index in [0.717, 1.165) is 63.8 Å². The Kier molecular flexibility index (Phi) is 6.78. The fourth-order valence-corrected chi connectivity index (χ4v) is 6.42. The van der Waals surface area contributed by atoms with Gasteiger partial charge in [0, 0.05) is 46.8 Å². The largest absolute Gasteiger partial charge is 0.351 e. The lowest BCUT2D eigenvalue weighted by atomic mass is 9.97. The van der Waals surface area contributed by atoms with Crippen LogP contribution in [0.25, 0.3) is 22.0 Å². The fraction of sp³-hybridized carbons (Fsp3) is 0.367. The molecule has 4 heterocycles. The molecule has 0 unspecified atom stereocenters. The summed E-state index contributed by atoms with van der Waals surface area (Å²) in [5, 5.41) is 6.22. The van der Waals surface area contributed by atoms with Gasteiger partial charge >= 0.3 is 0 Å². The molecule has 2 aliphatic heterocycles. The van der Waals surface area contributed by atoms with E-state index in [4.69, 9.17) is 33.2 Å². The number of fused-ring (bicyclic) bond motifs is 3. The number of hydrogen-bond donors (Lipinski definition) is 1. The molecule has 2 saturated heterocycles. The molecule has 4 aromatic rings. The van der Waals surface area contributed by atoms with Crippen LogP contribution in [0.4, 0.5) is 5.95 Å². The number of nitrogens with one attached hydrogen (secondary N) is 1. The molecule has 0 spiro atoms. The summed E-state index contributed by atoms with van der Waals surface area (Å²) in [6.45, 7) is 4.98. The fourth-order valence-electron chi connectivity index (χ4n) is 6.08. The highest BCUT2D eigenvalue weighted by molar-refractivity contribution is 6.34. The smallest absolute Gasteiger partial charge is 0.223 e. The first kappa shape index (κ1) is 24.6. The number of halogens is 2. The summed E-state index contributed by atoms with van der Waals surface area (Å²) < 4.78 is 0. The molecule has 2 aliphatic rings. The van der Waals surface area contributed by atoms with Gasteiger partial charge in [-0.2, -0.15) is 0 Å².